The highest BCUT2D eigenvalue weighted by molar-refractivity contribution is 7.93. The number of hydrogen-bond donors (Lipinski definition) is 1. The zero-order valence-corrected chi connectivity index (χ0v) is 14.4. The Kier molecular flexibility index (Phi) is 4.79. The van der Waals surface area contributed by atoms with Crippen LogP contribution in [0.5, 0.6) is 0 Å². The first-order valence-electron chi connectivity index (χ1n) is 7.56. The van der Waals surface area contributed by atoms with Crippen molar-refractivity contribution >= 4 is 15.7 Å². The molecule has 7 nitrogen and oxygen atoms in total. The van der Waals surface area contributed by atoms with Gasteiger partial charge in [0.05, 0.1) is 17.9 Å². The Bertz CT molecular complexity index is 1110. The highest BCUT2D eigenvalue weighted by Crippen LogP contribution is 2.27. The first-order chi connectivity index (χ1) is 12.7. The Hall–Kier alpha value is -3.08. The maximum Gasteiger partial charge on any atom is 0.516 e. The highest BCUT2D eigenvalue weighted by Gasteiger charge is 2.46. The summed E-state index contributed by atoms with van der Waals surface area (Å²) < 4.78 is 64.3. The van der Waals surface area contributed by atoms with Crippen LogP contribution >= 0.6 is 0 Å². The number of para-hydroxylation sites is 2. The Morgan fingerprint density at radius 1 is 1.00 bits per heavy atom. The average Bonchev–Trinajstić information content (AvgIpc) is 2.97. The first-order valence-corrected chi connectivity index (χ1v) is 9.04. The summed E-state index contributed by atoms with van der Waals surface area (Å²) in [5.74, 6) is 0. The summed E-state index contributed by atoms with van der Waals surface area (Å²) in [4.78, 5) is 12.5. The van der Waals surface area contributed by atoms with Gasteiger partial charge in [-0.1, -0.05) is 36.4 Å². The van der Waals surface area contributed by atoms with Gasteiger partial charge in [-0.25, -0.2) is 14.0 Å². The summed E-state index contributed by atoms with van der Waals surface area (Å²) in [5.41, 5.74) is -5.53. The largest absolute Gasteiger partial charge is 0.516 e. The number of sulfonamides is 1. The maximum absolute atomic E-state index is 12.6. The summed E-state index contributed by atoms with van der Waals surface area (Å²) in [7, 11) is -5.58. The molecule has 3 aromatic rings. The lowest BCUT2D eigenvalue weighted by Gasteiger charge is -2.13. The van der Waals surface area contributed by atoms with Gasteiger partial charge in [-0.2, -0.15) is 26.7 Å². The SMILES string of the molecule is O=c1n(-c2ccccc2)cnn1Cc1ccccc1NS(=O)(=O)C(F)(F)F. The third-order valence-corrected chi connectivity index (χ3v) is 4.75. The van der Waals surface area contributed by atoms with Crippen molar-refractivity contribution in [1.82, 2.24) is 14.3 Å². The number of nitrogens with zero attached hydrogens (tertiary/aromatic N) is 3. The van der Waals surface area contributed by atoms with Crippen LogP contribution in [-0.4, -0.2) is 28.3 Å². The number of anilines is 1. The molecular weight excluding hydrogens is 385 g/mol. The molecule has 0 unspecified atom stereocenters. The number of benzene rings is 2. The van der Waals surface area contributed by atoms with Crippen LogP contribution in [0.2, 0.25) is 0 Å². The summed E-state index contributed by atoms with van der Waals surface area (Å²) in [6, 6.07) is 14.1. The lowest BCUT2D eigenvalue weighted by molar-refractivity contribution is -0.0429. The number of rotatable bonds is 5. The molecule has 0 amide bonds. The predicted molar refractivity (Wildman–Crippen MR) is 92.0 cm³/mol. The molecule has 0 aliphatic rings. The third-order valence-electron chi connectivity index (χ3n) is 3.65. The Balaban J connectivity index is 1.92. The summed E-state index contributed by atoms with van der Waals surface area (Å²) in [6.45, 7) is -0.213. The fourth-order valence-electron chi connectivity index (χ4n) is 2.33. The van der Waals surface area contributed by atoms with Gasteiger partial charge in [0.15, 0.2) is 0 Å². The van der Waals surface area contributed by atoms with Gasteiger partial charge in [0.1, 0.15) is 6.33 Å². The molecule has 0 saturated heterocycles. The van der Waals surface area contributed by atoms with Gasteiger partial charge >= 0.3 is 21.2 Å². The molecular formula is C16H13F3N4O3S. The van der Waals surface area contributed by atoms with E-state index in [0.29, 0.717) is 5.69 Å². The Labute approximate surface area is 151 Å². The Morgan fingerprint density at radius 3 is 2.30 bits per heavy atom. The second kappa shape index (κ2) is 6.91. The van der Waals surface area contributed by atoms with E-state index in [9.17, 15) is 26.4 Å². The van der Waals surface area contributed by atoms with Crippen LogP contribution < -0.4 is 10.4 Å². The monoisotopic (exact) mass is 398 g/mol. The normalized spacial score (nSPS) is 12.1. The van der Waals surface area contributed by atoms with E-state index >= 15 is 0 Å². The quantitative estimate of drug-likeness (QED) is 0.715. The van der Waals surface area contributed by atoms with Gasteiger partial charge in [0.25, 0.3) is 0 Å². The fraction of sp³-hybridized carbons (Fsp3) is 0.125. The topological polar surface area (TPSA) is 86.0 Å². The van der Waals surface area contributed by atoms with Crippen LogP contribution in [0.15, 0.2) is 65.7 Å². The van der Waals surface area contributed by atoms with Crippen molar-refractivity contribution in [1.29, 1.82) is 0 Å². The molecule has 0 fully saturated rings. The van der Waals surface area contributed by atoms with Crippen molar-refractivity contribution in [2.75, 3.05) is 4.72 Å². The van der Waals surface area contributed by atoms with Gasteiger partial charge in [0.2, 0.25) is 0 Å². The molecule has 142 valence electrons. The molecule has 3 rings (SSSR count). The van der Waals surface area contributed by atoms with Crippen molar-refractivity contribution in [2.24, 2.45) is 0 Å². The number of alkyl halides is 3. The van der Waals surface area contributed by atoms with E-state index in [0.717, 1.165) is 4.68 Å². The molecule has 2 aromatic carbocycles. The molecule has 0 spiro atoms. The molecule has 0 radical (unpaired) electrons. The van der Waals surface area contributed by atoms with Crippen molar-refractivity contribution in [3.63, 3.8) is 0 Å². The van der Waals surface area contributed by atoms with Gasteiger partial charge < -0.3 is 0 Å². The van der Waals surface area contributed by atoms with E-state index in [1.807, 2.05) is 0 Å². The summed E-state index contributed by atoms with van der Waals surface area (Å²) in [5, 5.41) is 3.94. The molecule has 1 N–H and O–H groups in total. The molecule has 1 heterocycles. The highest BCUT2D eigenvalue weighted by atomic mass is 32.2. The lowest BCUT2D eigenvalue weighted by atomic mass is 10.2. The maximum atomic E-state index is 12.6. The van der Waals surface area contributed by atoms with Crippen molar-refractivity contribution in [2.45, 2.75) is 12.1 Å². The molecule has 11 heteroatoms. The number of aromatic nitrogens is 3. The summed E-state index contributed by atoms with van der Waals surface area (Å²) in [6.07, 6.45) is 1.28. The van der Waals surface area contributed by atoms with Crippen molar-refractivity contribution < 1.29 is 21.6 Å². The van der Waals surface area contributed by atoms with Crippen LogP contribution in [0.4, 0.5) is 18.9 Å². The van der Waals surface area contributed by atoms with Gasteiger partial charge in [-0.3, -0.25) is 4.72 Å². The molecule has 0 aliphatic carbocycles. The van der Waals surface area contributed by atoms with Gasteiger partial charge in [-0.15, -0.1) is 0 Å². The zero-order chi connectivity index (χ0) is 19.7. The molecule has 0 atom stereocenters. The average molecular weight is 398 g/mol. The van der Waals surface area contributed by atoms with Crippen molar-refractivity contribution in [3.8, 4) is 5.69 Å². The minimum absolute atomic E-state index is 0.158. The standard InChI is InChI=1S/C16H13F3N4O3S/c17-16(18,19)27(25,26)21-14-9-5-4-6-12(14)10-23-15(24)22(11-20-23)13-7-2-1-3-8-13/h1-9,11,21H,10H2. The molecule has 1 aromatic heterocycles. The first kappa shape index (κ1) is 18.7. The second-order valence-electron chi connectivity index (χ2n) is 5.49. The third kappa shape index (κ3) is 3.87. The van der Waals surface area contributed by atoms with Crippen LogP contribution in [0.1, 0.15) is 5.56 Å². The van der Waals surface area contributed by atoms with E-state index in [2.05, 4.69) is 5.10 Å². The zero-order valence-electron chi connectivity index (χ0n) is 13.6. The van der Waals surface area contributed by atoms with Crippen molar-refractivity contribution in [3.05, 3.63) is 77.0 Å². The van der Waals surface area contributed by atoms with Crippen LogP contribution in [0.3, 0.4) is 0 Å². The van der Waals surface area contributed by atoms with E-state index in [4.69, 9.17) is 0 Å². The molecule has 0 aliphatic heterocycles. The fourth-order valence-corrected chi connectivity index (χ4v) is 2.94. The van der Waals surface area contributed by atoms with E-state index in [1.165, 1.54) is 39.9 Å². The lowest BCUT2D eigenvalue weighted by Crippen LogP contribution is -2.30. The second-order valence-corrected chi connectivity index (χ2v) is 7.16. The minimum Gasteiger partial charge on any atom is -0.276 e. The Morgan fingerprint density at radius 2 is 1.63 bits per heavy atom. The van der Waals surface area contributed by atoms with Gasteiger partial charge in [0, 0.05) is 0 Å². The van der Waals surface area contributed by atoms with Crippen LogP contribution in [0.25, 0.3) is 5.69 Å². The molecule has 27 heavy (non-hydrogen) atoms. The van der Waals surface area contributed by atoms with E-state index in [1.54, 1.807) is 30.3 Å². The van der Waals surface area contributed by atoms with E-state index in [-0.39, 0.29) is 17.8 Å². The molecule has 0 saturated carbocycles. The van der Waals surface area contributed by atoms with Crippen LogP contribution in [0, 0.1) is 0 Å². The van der Waals surface area contributed by atoms with Gasteiger partial charge in [-0.05, 0) is 23.8 Å². The number of nitrogens with one attached hydrogen (secondary N) is 1. The predicted octanol–water partition coefficient (Wildman–Crippen LogP) is 2.34. The summed E-state index contributed by atoms with van der Waals surface area (Å²) >= 11 is 0. The number of hydrogen-bond acceptors (Lipinski definition) is 4. The smallest absolute Gasteiger partial charge is 0.276 e. The minimum atomic E-state index is -5.58. The number of halogens is 3. The van der Waals surface area contributed by atoms with Crippen LogP contribution in [-0.2, 0) is 16.6 Å². The van der Waals surface area contributed by atoms with E-state index < -0.39 is 21.2 Å². The molecule has 0 bridgehead atoms.